The molecule has 1 aliphatic heterocycles. The molecule has 0 nitrogen and oxygen atoms in total. The summed E-state index contributed by atoms with van der Waals surface area (Å²) in [4.78, 5) is 0. The topological polar surface area (TPSA) is 0 Å². The van der Waals surface area contributed by atoms with Crippen LogP contribution in [0, 0.1) is 11.3 Å². The van der Waals surface area contributed by atoms with Crippen molar-refractivity contribution >= 4 is 28.9 Å². The first kappa shape index (κ1) is 13.7. The zero-order valence-electron chi connectivity index (χ0n) is 11.3. The molecule has 0 aromatic rings. The summed E-state index contributed by atoms with van der Waals surface area (Å²) in [6, 6.07) is 0. The molecule has 0 unspecified atom stereocenters. The Hall–Kier alpha value is 0.277. The summed E-state index contributed by atoms with van der Waals surface area (Å²) in [7, 11) is 0. The second kappa shape index (κ2) is 4.14. The second-order valence-corrected chi connectivity index (χ2v) is 13.9. The van der Waals surface area contributed by atoms with Crippen molar-refractivity contribution in [2.75, 3.05) is 0 Å². The van der Waals surface area contributed by atoms with Gasteiger partial charge in [-0.25, -0.2) is 0 Å². The van der Waals surface area contributed by atoms with Gasteiger partial charge in [-0.1, -0.05) is 44.1 Å². The first-order valence-corrected chi connectivity index (χ1v) is 10.6. The molecule has 0 saturated carbocycles. The molecule has 0 aromatic carbocycles. The Morgan fingerprint density at radius 2 is 1.82 bits per heavy atom. The molecule has 0 amide bonds. The summed E-state index contributed by atoms with van der Waals surface area (Å²) in [6.45, 7) is 9.05. The average molecular weight is 289 g/mol. The van der Waals surface area contributed by atoms with Crippen LogP contribution >= 0.6 is 22.2 Å². The first-order valence-electron chi connectivity index (χ1n) is 6.38. The zero-order valence-corrected chi connectivity index (χ0v) is 13.9. The van der Waals surface area contributed by atoms with E-state index in [9.17, 15) is 0 Å². The number of halogens is 2. The van der Waals surface area contributed by atoms with Crippen molar-refractivity contribution < 1.29 is 0 Å². The SMILES string of the molecule is CC(C)=C1[C@H]2C=C[C@@H]1[C@@H](CC(C)(C)C)[Si]2(Cl)Cl. The van der Waals surface area contributed by atoms with E-state index in [-0.39, 0.29) is 0 Å². The van der Waals surface area contributed by atoms with Gasteiger partial charge in [0.25, 0.3) is 6.69 Å². The van der Waals surface area contributed by atoms with E-state index in [4.69, 9.17) is 22.2 Å². The van der Waals surface area contributed by atoms with Gasteiger partial charge in [0.05, 0.1) is 0 Å². The maximum atomic E-state index is 6.79. The van der Waals surface area contributed by atoms with Crippen LogP contribution in [0.4, 0.5) is 0 Å². The molecule has 2 aliphatic rings. The molecule has 1 heterocycles. The van der Waals surface area contributed by atoms with Crippen LogP contribution in [-0.2, 0) is 0 Å². The van der Waals surface area contributed by atoms with Gasteiger partial charge in [0, 0.05) is 11.5 Å². The minimum atomic E-state index is -2.19. The summed E-state index contributed by atoms with van der Waals surface area (Å²) in [5.74, 6) is 0.519. The quantitative estimate of drug-likeness (QED) is 0.334. The molecule has 0 spiro atoms. The molecule has 1 saturated heterocycles. The Morgan fingerprint density at radius 3 is 2.24 bits per heavy atom. The van der Waals surface area contributed by atoms with E-state index in [0.29, 0.717) is 22.4 Å². The van der Waals surface area contributed by atoms with Crippen molar-refractivity contribution in [1.82, 2.24) is 0 Å². The molecule has 3 atom stereocenters. The van der Waals surface area contributed by atoms with Gasteiger partial charge in [-0.05, 0) is 31.2 Å². The second-order valence-electron chi connectivity index (χ2n) is 6.89. The molecule has 0 aromatic heterocycles. The predicted octanol–water partition coefficient (Wildman–Crippen LogP) is 5.62. The molecule has 1 fully saturated rings. The fourth-order valence-corrected chi connectivity index (χ4v) is 9.17. The lowest BCUT2D eigenvalue weighted by molar-refractivity contribution is 0.353. The van der Waals surface area contributed by atoms with Crippen molar-refractivity contribution in [2.24, 2.45) is 11.3 Å². The van der Waals surface area contributed by atoms with Crippen LogP contribution in [0.3, 0.4) is 0 Å². The summed E-state index contributed by atoms with van der Waals surface area (Å²) in [5, 5.41) is 0. The fraction of sp³-hybridized carbons (Fsp3) is 0.714. The van der Waals surface area contributed by atoms with Crippen LogP contribution in [0.25, 0.3) is 0 Å². The molecule has 1 aliphatic carbocycles. The highest BCUT2D eigenvalue weighted by atomic mass is 35.7. The van der Waals surface area contributed by atoms with Gasteiger partial charge in [0.15, 0.2) is 0 Å². The van der Waals surface area contributed by atoms with Crippen LogP contribution in [-0.4, -0.2) is 6.69 Å². The van der Waals surface area contributed by atoms with Crippen LogP contribution in [0.5, 0.6) is 0 Å². The van der Waals surface area contributed by atoms with Crippen molar-refractivity contribution in [2.45, 2.75) is 52.1 Å². The summed E-state index contributed by atoms with van der Waals surface area (Å²) >= 11 is 13.6. The third-order valence-electron chi connectivity index (χ3n) is 3.96. The molecule has 0 radical (unpaired) electrons. The molecule has 2 rings (SSSR count). The van der Waals surface area contributed by atoms with Crippen LogP contribution in [0.1, 0.15) is 41.0 Å². The van der Waals surface area contributed by atoms with E-state index in [1.165, 1.54) is 11.1 Å². The highest BCUT2D eigenvalue weighted by Gasteiger charge is 2.60. The Labute approximate surface area is 115 Å². The fourth-order valence-electron chi connectivity index (χ4n) is 3.37. The summed E-state index contributed by atoms with van der Waals surface area (Å²) in [5.41, 5.74) is 4.10. The van der Waals surface area contributed by atoms with Crippen molar-refractivity contribution in [3.8, 4) is 0 Å². The maximum absolute atomic E-state index is 6.79. The lowest BCUT2D eigenvalue weighted by atomic mass is 9.84. The predicted molar refractivity (Wildman–Crippen MR) is 80.0 cm³/mol. The molecule has 96 valence electrons. The minimum absolute atomic E-state index is 0.303. The van der Waals surface area contributed by atoms with Gasteiger partial charge in [-0.3, -0.25) is 0 Å². The van der Waals surface area contributed by atoms with Crippen LogP contribution < -0.4 is 0 Å². The van der Waals surface area contributed by atoms with Gasteiger partial charge >= 0.3 is 0 Å². The lowest BCUT2D eigenvalue weighted by Crippen LogP contribution is -2.32. The van der Waals surface area contributed by atoms with Gasteiger partial charge in [0.2, 0.25) is 0 Å². The Bertz CT molecular complexity index is 384. The van der Waals surface area contributed by atoms with E-state index in [1.54, 1.807) is 0 Å². The molecular weight excluding hydrogens is 267 g/mol. The highest BCUT2D eigenvalue weighted by Crippen LogP contribution is 2.66. The monoisotopic (exact) mass is 288 g/mol. The average Bonchev–Trinajstić information content (AvgIpc) is 2.61. The third kappa shape index (κ3) is 2.26. The van der Waals surface area contributed by atoms with Gasteiger partial charge in [-0.2, -0.15) is 0 Å². The van der Waals surface area contributed by atoms with Crippen molar-refractivity contribution in [3.63, 3.8) is 0 Å². The standard InChI is InChI=1S/C14H22Cl2Si/c1-9(2)13-10-6-7-11(13)17(15,16)12(10)8-14(3,4)5/h6-7,10-12H,8H2,1-5H3/t10-,11-,12-/m1/s1. The van der Waals surface area contributed by atoms with Crippen molar-refractivity contribution in [3.05, 3.63) is 23.3 Å². The molecular formula is C14H22Cl2Si. The number of allylic oxidation sites excluding steroid dienone is 4. The smallest absolute Gasteiger partial charge is 0.145 e. The van der Waals surface area contributed by atoms with Crippen LogP contribution in [0.15, 0.2) is 23.3 Å². The van der Waals surface area contributed by atoms with Gasteiger partial charge in [-0.15, -0.1) is 22.2 Å². The normalized spacial score (nSPS) is 34.5. The lowest BCUT2D eigenvalue weighted by Gasteiger charge is -2.33. The maximum Gasteiger partial charge on any atom is 0.265 e. The zero-order chi connectivity index (χ0) is 13.0. The van der Waals surface area contributed by atoms with Crippen LogP contribution in [0.2, 0.25) is 11.1 Å². The highest BCUT2D eigenvalue weighted by molar-refractivity contribution is 7.47. The van der Waals surface area contributed by atoms with Gasteiger partial charge in [0.1, 0.15) is 0 Å². The molecule has 2 bridgehead atoms. The summed E-state index contributed by atoms with van der Waals surface area (Å²) in [6.07, 6.45) is 5.74. The third-order valence-corrected chi connectivity index (χ3v) is 9.93. The first-order chi connectivity index (χ1) is 7.64. The Kier molecular flexibility index (Phi) is 3.34. The number of rotatable bonds is 1. The molecule has 0 N–H and O–H groups in total. The minimum Gasteiger partial charge on any atom is -0.145 e. The number of hydrogen-bond acceptors (Lipinski definition) is 0. The van der Waals surface area contributed by atoms with E-state index in [2.05, 4.69) is 46.8 Å². The van der Waals surface area contributed by atoms with Crippen molar-refractivity contribution in [1.29, 1.82) is 0 Å². The van der Waals surface area contributed by atoms with E-state index >= 15 is 0 Å². The largest absolute Gasteiger partial charge is 0.265 e. The van der Waals surface area contributed by atoms with Gasteiger partial charge < -0.3 is 0 Å². The van der Waals surface area contributed by atoms with E-state index < -0.39 is 6.69 Å². The number of fused-ring (bicyclic) bond motifs is 2. The Morgan fingerprint density at radius 1 is 1.24 bits per heavy atom. The van der Waals surface area contributed by atoms with E-state index in [1.807, 2.05) is 0 Å². The molecule has 3 heteroatoms. The summed E-state index contributed by atoms with van der Waals surface area (Å²) < 4.78 is 0. The molecule has 17 heavy (non-hydrogen) atoms. The van der Waals surface area contributed by atoms with E-state index in [0.717, 1.165) is 6.42 Å². The Balaban J connectivity index is 2.37. The number of hydrogen-bond donors (Lipinski definition) is 0.